The monoisotopic (exact) mass is 295 g/mol. The molecule has 0 unspecified atom stereocenters. The highest BCUT2D eigenvalue weighted by atomic mass is 32.1. The van der Waals surface area contributed by atoms with E-state index in [1.165, 1.54) is 17.4 Å². The normalized spacial score (nSPS) is 10.3. The maximum absolute atomic E-state index is 13.2. The second kappa shape index (κ2) is 5.33. The number of thiazole rings is 1. The number of carbonyl (C=O) groups excluding carboxylic acids is 1. The average molecular weight is 295 g/mol. The van der Waals surface area contributed by atoms with Gasteiger partial charge in [0, 0.05) is 16.5 Å². The van der Waals surface area contributed by atoms with E-state index in [1.54, 1.807) is 0 Å². The number of carbonyl (C=O) groups is 1. The van der Waals surface area contributed by atoms with Crippen molar-refractivity contribution >= 4 is 28.1 Å². The molecular weight excluding hydrogens is 285 g/mol. The number of aromatic nitrogens is 1. The van der Waals surface area contributed by atoms with E-state index in [0.29, 0.717) is 5.13 Å². The Hall–Kier alpha value is -2.35. The van der Waals surface area contributed by atoms with Gasteiger partial charge in [-0.3, -0.25) is 20.2 Å². The first-order valence-electron chi connectivity index (χ1n) is 5.58. The van der Waals surface area contributed by atoms with E-state index in [0.717, 1.165) is 22.7 Å². The smallest absolute Gasteiger partial charge is 0.298 e. The molecule has 0 saturated heterocycles. The minimum Gasteiger partial charge on any atom is -0.298 e. The Morgan fingerprint density at radius 1 is 1.45 bits per heavy atom. The number of nitrogens with one attached hydrogen (secondary N) is 1. The second-order valence-electron chi connectivity index (χ2n) is 4.04. The summed E-state index contributed by atoms with van der Waals surface area (Å²) in [5.41, 5.74) is 0.0724. The molecule has 1 heterocycles. The van der Waals surface area contributed by atoms with Crippen LogP contribution in [0.2, 0.25) is 0 Å². The minimum absolute atomic E-state index is 0.00334. The number of hydrogen-bond acceptors (Lipinski definition) is 5. The van der Waals surface area contributed by atoms with Crippen molar-refractivity contribution in [3.05, 3.63) is 50.3 Å². The van der Waals surface area contributed by atoms with Gasteiger partial charge in [-0.05, 0) is 26.0 Å². The van der Waals surface area contributed by atoms with Crippen molar-refractivity contribution < 1.29 is 14.1 Å². The third-order valence-corrected chi connectivity index (χ3v) is 3.64. The Labute approximate surface area is 117 Å². The van der Waals surface area contributed by atoms with Gasteiger partial charge in [0.05, 0.1) is 10.6 Å². The van der Waals surface area contributed by atoms with Crippen LogP contribution in [0.5, 0.6) is 0 Å². The summed E-state index contributed by atoms with van der Waals surface area (Å²) >= 11 is 1.30. The molecule has 6 nitrogen and oxygen atoms in total. The van der Waals surface area contributed by atoms with Crippen LogP contribution in [0, 0.1) is 29.8 Å². The highest BCUT2D eigenvalue weighted by Crippen LogP contribution is 2.23. The molecule has 0 aliphatic rings. The van der Waals surface area contributed by atoms with Crippen molar-refractivity contribution in [1.82, 2.24) is 4.98 Å². The Morgan fingerprint density at radius 3 is 2.70 bits per heavy atom. The molecule has 1 N–H and O–H groups in total. The van der Waals surface area contributed by atoms with Gasteiger partial charge in [-0.15, -0.1) is 11.3 Å². The number of halogens is 1. The summed E-state index contributed by atoms with van der Waals surface area (Å²) in [6.07, 6.45) is 0. The summed E-state index contributed by atoms with van der Waals surface area (Å²) in [6.45, 7) is 3.68. The Bertz CT molecular complexity index is 680. The average Bonchev–Trinajstić information content (AvgIpc) is 2.68. The molecule has 20 heavy (non-hydrogen) atoms. The highest BCUT2D eigenvalue weighted by molar-refractivity contribution is 7.15. The van der Waals surface area contributed by atoms with Crippen LogP contribution in [0.25, 0.3) is 0 Å². The molecule has 8 heteroatoms. The summed E-state index contributed by atoms with van der Waals surface area (Å²) in [4.78, 5) is 26.8. The van der Waals surface area contributed by atoms with Gasteiger partial charge in [-0.2, -0.15) is 4.39 Å². The van der Waals surface area contributed by atoms with E-state index in [4.69, 9.17) is 0 Å². The summed E-state index contributed by atoms with van der Waals surface area (Å²) < 4.78 is 13.2. The van der Waals surface area contributed by atoms with Crippen molar-refractivity contribution in [3.63, 3.8) is 0 Å². The number of rotatable bonds is 3. The SMILES string of the molecule is Cc1nc(NC(=O)c2ccc(F)c([N+](=O)[O-])c2)sc1C. The molecule has 0 aliphatic heterocycles. The van der Waals surface area contributed by atoms with E-state index in [2.05, 4.69) is 10.3 Å². The van der Waals surface area contributed by atoms with E-state index >= 15 is 0 Å². The number of hydrogen-bond donors (Lipinski definition) is 1. The van der Waals surface area contributed by atoms with E-state index < -0.39 is 22.3 Å². The van der Waals surface area contributed by atoms with Crippen molar-refractivity contribution in [2.24, 2.45) is 0 Å². The molecule has 2 aromatic rings. The van der Waals surface area contributed by atoms with Crippen LogP contribution in [-0.4, -0.2) is 15.8 Å². The molecule has 0 saturated carbocycles. The fraction of sp³-hybridized carbons (Fsp3) is 0.167. The van der Waals surface area contributed by atoms with Gasteiger partial charge in [-0.1, -0.05) is 0 Å². The van der Waals surface area contributed by atoms with Crippen molar-refractivity contribution in [1.29, 1.82) is 0 Å². The molecule has 0 radical (unpaired) electrons. The summed E-state index contributed by atoms with van der Waals surface area (Å²) in [5, 5.41) is 13.6. The van der Waals surface area contributed by atoms with Crippen molar-refractivity contribution in [2.75, 3.05) is 5.32 Å². The van der Waals surface area contributed by atoms with Gasteiger partial charge in [-0.25, -0.2) is 4.98 Å². The number of nitrogens with zero attached hydrogens (tertiary/aromatic N) is 2. The molecule has 0 fully saturated rings. The molecule has 0 aliphatic carbocycles. The quantitative estimate of drug-likeness (QED) is 0.696. The lowest BCUT2D eigenvalue weighted by Gasteiger charge is -2.02. The number of aryl methyl sites for hydroxylation is 2. The van der Waals surface area contributed by atoms with Crippen LogP contribution < -0.4 is 5.32 Å². The predicted molar refractivity (Wildman–Crippen MR) is 72.6 cm³/mol. The molecule has 0 atom stereocenters. The maximum Gasteiger partial charge on any atom is 0.305 e. The van der Waals surface area contributed by atoms with Crippen LogP contribution in [0.4, 0.5) is 15.2 Å². The zero-order chi connectivity index (χ0) is 14.9. The topological polar surface area (TPSA) is 85.1 Å². The van der Waals surface area contributed by atoms with Crippen molar-refractivity contribution in [3.8, 4) is 0 Å². The summed E-state index contributed by atoms with van der Waals surface area (Å²) in [5.74, 6) is -1.55. The van der Waals surface area contributed by atoms with Crippen LogP contribution in [0.1, 0.15) is 20.9 Å². The van der Waals surface area contributed by atoms with E-state index in [9.17, 15) is 19.3 Å². The largest absolute Gasteiger partial charge is 0.305 e. The van der Waals surface area contributed by atoms with Gasteiger partial charge in [0.25, 0.3) is 5.91 Å². The Balaban J connectivity index is 2.25. The lowest BCUT2D eigenvalue weighted by molar-refractivity contribution is -0.387. The highest BCUT2D eigenvalue weighted by Gasteiger charge is 2.18. The first-order valence-corrected chi connectivity index (χ1v) is 6.39. The third kappa shape index (κ3) is 2.80. The fourth-order valence-corrected chi connectivity index (χ4v) is 2.30. The third-order valence-electron chi connectivity index (χ3n) is 2.65. The second-order valence-corrected chi connectivity index (χ2v) is 5.24. The predicted octanol–water partition coefficient (Wildman–Crippen LogP) is 3.06. The van der Waals surface area contributed by atoms with Gasteiger partial charge in [0.2, 0.25) is 5.82 Å². The van der Waals surface area contributed by atoms with Crippen LogP contribution in [0.3, 0.4) is 0 Å². The van der Waals surface area contributed by atoms with Crippen LogP contribution >= 0.6 is 11.3 Å². The van der Waals surface area contributed by atoms with Crippen molar-refractivity contribution in [2.45, 2.75) is 13.8 Å². The number of anilines is 1. The molecule has 2 rings (SSSR count). The number of nitro groups is 1. The molecule has 1 aromatic heterocycles. The number of amides is 1. The first kappa shape index (κ1) is 14.1. The Kier molecular flexibility index (Phi) is 3.75. The van der Waals surface area contributed by atoms with Gasteiger partial charge in [0.1, 0.15) is 0 Å². The zero-order valence-electron chi connectivity index (χ0n) is 10.6. The maximum atomic E-state index is 13.2. The Morgan fingerprint density at radius 2 is 2.15 bits per heavy atom. The van der Waals surface area contributed by atoms with E-state index in [-0.39, 0.29) is 5.56 Å². The van der Waals surface area contributed by atoms with Gasteiger partial charge >= 0.3 is 5.69 Å². The lowest BCUT2D eigenvalue weighted by atomic mass is 10.2. The van der Waals surface area contributed by atoms with Crippen LogP contribution in [-0.2, 0) is 0 Å². The molecule has 104 valence electrons. The van der Waals surface area contributed by atoms with Crippen LogP contribution in [0.15, 0.2) is 18.2 Å². The molecule has 1 amide bonds. The number of nitro benzene ring substituents is 1. The standard InChI is InChI=1S/C12H10FN3O3S/c1-6-7(2)20-12(14-6)15-11(17)8-3-4-9(13)10(5-8)16(18)19/h3-5H,1-2H3,(H,14,15,17). The lowest BCUT2D eigenvalue weighted by Crippen LogP contribution is -2.12. The first-order chi connectivity index (χ1) is 9.38. The van der Waals surface area contributed by atoms with Gasteiger partial charge < -0.3 is 0 Å². The van der Waals surface area contributed by atoms with Gasteiger partial charge in [0.15, 0.2) is 5.13 Å². The van der Waals surface area contributed by atoms with E-state index in [1.807, 2.05) is 13.8 Å². The summed E-state index contributed by atoms with van der Waals surface area (Å²) in [7, 11) is 0. The number of benzene rings is 1. The fourth-order valence-electron chi connectivity index (χ4n) is 1.49. The molecule has 1 aromatic carbocycles. The molecular formula is C12H10FN3O3S. The molecule has 0 spiro atoms. The molecule has 0 bridgehead atoms. The minimum atomic E-state index is -0.979. The summed E-state index contributed by atoms with van der Waals surface area (Å²) in [6, 6.07) is 2.98. The zero-order valence-corrected chi connectivity index (χ0v) is 11.5.